The van der Waals surface area contributed by atoms with Gasteiger partial charge < -0.3 is 15.0 Å². The highest BCUT2D eigenvalue weighted by Gasteiger charge is 2.34. The fraction of sp³-hybridized carbons (Fsp3) is 0.611. The number of ether oxygens (including phenoxy) is 1. The number of hydrogen-bond acceptors (Lipinski definition) is 3. The minimum Gasteiger partial charge on any atom is -0.497 e. The average Bonchev–Trinajstić information content (AvgIpc) is 2.86. The Morgan fingerprint density at radius 2 is 1.95 bits per heavy atom. The highest BCUT2D eigenvalue weighted by atomic mass is 16.5. The number of carbonyl (C=O) groups excluding carboxylic acids is 1. The lowest BCUT2D eigenvalue weighted by Crippen LogP contribution is -2.44. The minimum absolute atomic E-state index is 0.0300. The van der Waals surface area contributed by atoms with Gasteiger partial charge in [0.1, 0.15) is 5.75 Å². The molecular formula is C18H28N2O2. The molecule has 0 unspecified atom stereocenters. The van der Waals surface area contributed by atoms with Crippen molar-refractivity contribution in [2.24, 2.45) is 0 Å². The summed E-state index contributed by atoms with van der Waals surface area (Å²) >= 11 is 0. The zero-order chi connectivity index (χ0) is 16.3. The van der Waals surface area contributed by atoms with Crippen LogP contribution in [0.1, 0.15) is 39.7 Å². The first kappa shape index (κ1) is 16.8. The smallest absolute Gasteiger partial charge is 0.240 e. The highest BCUT2D eigenvalue weighted by molar-refractivity contribution is 5.84. The molecule has 1 saturated heterocycles. The molecule has 22 heavy (non-hydrogen) atoms. The Kier molecular flexibility index (Phi) is 5.12. The molecule has 2 rings (SSSR count). The van der Waals surface area contributed by atoms with Crippen molar-refractivity contribution in [1.82, 2.24) is 10.2 Å². The molecule has 1 amide bonds. The summed E-state index contributed by atoms with van der Waals surface area (Å²) in [4.78, 5) is 14.3. The van der Waals surface area contributed by atoms with Crippen LogP contribution in [-0.2, 0) is 10.2 Å². The van der Waals surface area contributed by atoms with Gasteiger partial charge in [-0.15, -0.1) is 0 Å². The predicted octanol–water partition coefficient (Wildman–Crippen LogP) is 2.57. The normalized spacial score (nSPS) is 19.1. The van der Waals surface area contributed by atoms with Gasteiger partial charge in [0.15, 0.2) is 0 Å². The molecule has 4 heteroatoms. The molecule has 0 aliphatic carbocycles. The van der Waals surface area contributed by atoms with E-state index in [1.807, 2.05) is 17.0 Å². The molecule has 4 nitrogen and oxygen atoms in total. The summed E-state index contributed by atoms with van der Waals surface area (Å²) in [5.74, 6) is 1.10. The van der Waals surface area contributed by atoms with E-state index >= 15 is 0 Å². The number of nitrogens with one attached hydrogen (secondary N) is 1. The molecule has 1 aromatic carbocycles. The third-order valence-electron chi connectivity index (χ3n) is 4.53. The van der Waals surface area contributed by atoms with Crippen molar-refractivity contribution in [2.45, 2.75) is 51.6 Å². The summed E-state index contributed by atoms with van der Waals surface area (Å²) in [5, 5.41) is 3.46. The summed E-state index contributed by atoms with van der Waals surface area (Å²) in [6.07, 6.45) is 0.899. The maximum Gasteiger partial charge on any atom is 0.240 e. The molecule has 0 radical (unpaired) electrons. The number of amides is 1. The van der Waals surface area contributed by atoms with Gasteiger partial charge >= 0.3 is 0 Å². The number of hydrogen-bond donors (Lipinski definition) is 1. The Labute approximate surface area is 133 Å². The molecular weight excluding hydrogens is 276 g/mol. The molecule has 1 heterocycles. The average molecular weight is 304 g/mol. The van der Waals surface area contributed by atoms with Crippen molar-refractivity contribution >= 4 is 5.91 Å². The van der Waals surface area contributed by atoms with Crippen LogP contribution >= 0.6 is 0 Å². The SMILES string of the molecule is COc1ccc(C(C)(C)CN[C@H]2CCN(C(C)C)C2=O)cc1. The van der Waals surface area contributed by atoms with Crippen molar-refractivity contribution in [3.63, 3.8) is 0 Å². The fourth-order valence-electron chi connectivity index (χ4n) is 2.93. The standard InChI is InChI=1S/C18H28N2O2/c1-13(2)20-11-10-16(17(20)21)19-12-18(3,4)14-6-8-15(22-5)9-7-14/h6-9,13,16,19H,10-12H2,1-5H3/t16-/m0/s1. The molecule has 1 aliphatic heterocycles. The summed E-state index contributed by atoms with van der Waals surface area (Å²) < 4.78 is 5.21. The van der Waals surface area contributed by atoms with E-state index in [-0.39, 0.29) is 23.4 Å². The van der Waals surface area contributed by atoms with Gasteiger partial charge in [0.2, 0.25) is 5.91 Å². The molecule has 1 aliphatic rings. The van der Waals surface area contributed by atoms with Gasteiger partial charge in [-0.3, -0.25) is 4.79 Å². The maximum absolute atomic E-state index is 12.3. The first-order valence-corrected chi connectivity index (χ1v) is 8.03. The topological polar surface area (TPSA) is 41.6 Å². The summed E-state index contributed by atoms with van der Waals surface area (Å²) in [7, 11) is 1.67. The Balaban J connectivity index is 1.96. The molecule has 1 atom stereocenters. The monoisotopic (exact) mass is 304 g/mol. The van der Waals surface area contributed by atoms with Crippen LogP contribution in [-0.4, -0.2) is 43.1 Å². The Hall–Kier alpha value is -1.55. The number of likely N-dealkylation sites (tertiary alicyclic amines) is 1. The van der Waals surface area contributed by atoms with Gasteiger partial charge in [-0.25, -0.2) is 0 Å². The van der Waals surface area contributed by atoms with E-state index < -0.39 is 0 Å². The Morgan fingerprint density at radius 1 is 1.32 bits per heavy atom. The van der Waals surface area contributed by atoms with Crippen LogP contribution < -0.4 is 10.1 Å². The number of benzene rings is 1. The van der Waals surface area contributed by atoms with Crippen molar-refractivity contribution in [1.29, 1.82) is 0 Å². The van der Waals surface area contributed by atoms with Crippen LogP contribution in [0.15, 0.2) is 24.3 Å². The number of carbonyl (C=O) groups is 1. The Bertz CT molecular complexity index is 508. The second-order valence-corrected chi connectivity index (χ2v) is 6.96. The van der Waals surface area contributed by atoms with E-state index in [0.717, 1.165) is 25.3 Å². The molecule has 1 aromatic rings. The quantitative estimate of drug-likeness (QED) is 0.878. The second-order valence-electron chi connectivity index (χ2n) is 6.96. The molecule has 0 saturated carbocycles. The molecule has 122 valence electrons. The molecule has 0 bridgehead atoms. The zero-order valence-electron chi connectivity index (χ0n) is 14.3. The van der Waals surface area contributed by atoms with E-state index in [0.29, 0.717) is 0 Å². The van der Waals surface area contributed by atoms with Crippen LogP contribution in [0, 0.1) is 0 Å². The van der Waals surface area contributed by atoms with Crippen LogP contribution in [0.25, 0.3) is 0 Å². The van der Waals surface area contributed by atoms with E-state index in [1.54, 1.807) is 7.11 Å². The maximum atomic E-state index is 12.3. The van der Waals surface area contributed by atoms with E-state index in [1.165, 1.54) is 5.56 Å². The lowest BCUT2D eigenvalue weighted by atomic mass is 9.84. The summed E-state index contributed by atoms with van der Waals surface area (Å²) in [6.45, 7) is 10.2. The van der Waals surface area contributed by atoms with Crippen LogP contribution in [0.3, 0.4) is 0 Å². The predicted molar refractivity (Wildman–Crippen MR) is 89.3 cm³/mol. The number of methoxy groups -OCH3 is 1. The van der Waals surface area contributed by atoms with Crippen molar-refractivity contribution < 1.29 is 9.53 Å². The minimum atomic E-state index is -0.0417. The lowest BCUT2D eigenvalue weighted by molar-refractivity contribution is -0.130. The largest absolute Gasteiger partial charge is 0.497 e. The summed E-state index contributed by atoms with van der Waals surface area (Å²) in [5.41, 5.74) is 1.21. The van der Waals surface area contributed by atoms with Gasteiger partial charge in [0, 0.05) is 24.5 Å². The van der Waals surface area contributed by atoms with Crippen LogP contribution in [0.4, 0.5) is 0 Å². The Morgan fingerprint density at radius 3 is 2.45 bits per heavy atom. The number of rotatable bonds is 6. The van der Waals surface area contributed by atoms with E-state index in [9.17, 15) is 4.79 Å². The number of nitrogens with zero attached hydrogens (tertiary/aromatic N) is 1. The molecule has 0 aromatic heterocycles. The molecule has 1 N–H and O–H groups in total. The van der Waals surface area contributed by atoms with Gasteiger partial charge in [-0.1, -0.05) is 26.0 Å². The van der Waals surface area contributed by atoms with E-state index in [4.69, 9.17) is 4.74 Å². The third-order valence-corrected chi connectivity index (χ3v) is 4.53. The highest BCUT2D eigenvalue weighted by Crippen LogP contribution is 2.25. The molecule has 0 spiro atoms. The third kappa shape index (κ3) is 3.61. The first-order chi connectivity index (χ1) is 10.3. The van der Waals surface area contributed by atoms with Gasteiger partial charge in [-0.05, 0) is 38.0 Å². The summed E-state index contributed by atoms with van der Waals surface area (Å²) in [6, 6.07) is 8.40. The zero-order valence-corrected chi connectivity index (χ0v) is 14.3. The molecule has 1 fully saturated rings. The van der Waals surface area contributed by atoms with Crippen LogP contribution in [0.5, 0.6) is 5.75 Å². The van der Waals surface area contributed by atoms with E-state index in [2.05, 4.69) is 45.1 Å². The fourth-order valence-corrected chi connectivity index (χ4v) is 2.93. The van der Waals surface area contributed by atoms with Crippen LogP contribution in [0.2, 0.25) is 0 Å². The van der Waals surface area contributed by atoms with Gasteiger partial charge in [0.05, 0.1) is 13.2 Å². The first-order valence-electron chi connectivity index (χ1n) is 8.03. The second kappa shape index (κ2) is 6.69. The van der Waals surface area contributed by atoms with Crippen molar-refractivity contribution in [2.75, 3.05) is 20.2 Å². The van der Waals surface area contributed by atoms with Crippen molar-refractivity contribution in [3.8, 4) is 5.75 Å². The van der Waals surface area contributed by atoms with Crippen molar-refractivity contribution in [3.05, 3.63) is 29.8 Å². The van der Waals surface area contributed by atoms with Gasteiger partial charge in [0.25, 0.3) is 0 Å². The lowest BCUT2D eigenvalue weighted by Gasteiger charge is -2.28. The van der Waals surface area contributed by atoms with Gasteiger partial charge in [-0.2, -0.15) is 0 Å².